The Balaban J connectivity index is -0.0000000150. The molecule has 0 aliphatic rings. The minimum absolute atomic E-state index is 0. The van der Waals surface area contributed by atoms with Crippen LogP contribution in [0.1, 0.15) is 0 Å². The monoisotopic (exact) mass is 156 g/mol. The Morgan fingerprint density at radius 3 is 1.29 bits per heavy atom. The third kappa shape index (κ3) is 264. The first-order valence-electron chi connectivity index (χ1n) is 0.651. The zero-order valence-electron chi connectivity index (χ0n) is 2.71. The second kappa shape index (κ2) is 15.9. The van der Waals surface area contributed by atoms with Crippen molar-refractivity contribution in [2.45, 2.75) is 0 Å². The van der Waals surface area contributed by atoms with Crippen LogP contribution in [-0.4, -0.2) is 51.4 Å². The predicted molar refractivity (Wildman–Crippen MR) is 21.4 cm³/mol. The van der Waals surface area contributed by atoms with Crippen LogP contribution in [0.3, 0.4) is 0 Å². The molecular formula is CH5CrNaO4. The third-order valence-electron chi connectivity index (χ3n) is 0. The number of hydrogen-bond acceptors (Lipinski definition) is 1. The quantitative estimate of drug-likeness (QED) is 0.429. The van der Waals surface area contributed by atoms with Crippen molar-refractivity contribution in [3.8, 4) is 0 Å². The van der Waals surface area contributed by atoms with E-state index < -0.39 is 6.16 Å². The molecule has 0 heterocycles. The van der Waals surface area contributed by atoms with Crippen molar-refractivity contribution in [3.63, 3.8) is 0 Å². The average Bonchev–Trinajstić information content (AvgIpc) is 0.811. The van der Waals surface area contributed by atoms with E-state index in [0.717, 1.165) is 0 Å². The Labute approximate surface area is 73.3 Å². The Morgan fingerprint density at radius 1 is 1.29 bits per heavy atom. The first kappa shape index (κ1) is 25.1. The third-order valence-corrected chi connectivity index (χ3v) is 0. The summed E-state index contributed by atoms with van der Waals surface area (Å²) in [6, 6.07) is 0. The van der Waals surface area contributed by atoms with Gasteiger partial charge in [-0.3, -0.25) is 0 Å². The maximum atomic E-state index is 8.56. The van der Waals surface area contributed by atoms with Gasteiger partial charge < -0.3 is 15.7 Å². The van der Waals surface area contributed by atoms with Gasteiger partial charge in [0.05, 0.1) is 0 Å². The molecule has 0 atom stereocenters. The summed E-state index contributed by atoms with van der Waals surface area (Å²) in [5, 5.41) is 13.9. The number of rotatable bonds is 0. The van der Waals surface area contributed by atoms with Crippen LogP contribution in [0.15, 0.2) is 0 Å². The molecule has 0 aromatic rings. The molecule has 4 nitrogen and oxygen atoms in total. The fourth-order valence-electron chi connectivity index (χ4n) is 0. The molecule has 6 heteroatoms. The van der Waals surface area contributed by atoms with E-state index in [0.29, 0.717) is 0 Å². The molecule has 0 saturated carbocycles. The van der Waals surface area contributed by atoms with E-state index in [4.69, 9.17) is 15.0 Å². The van der Waals surface area contributed by atoms with Crippen molar-refractivity contribution in [3.05, 3.63) is 0 Å². The molecule has 0 aromatic carbocycles. The van der Waals surface area contributed by atoms with Crippen LogP contribution in [0.25, 0.3) is 0 Å². The Hall–Kier alpha value is 0.762. The molecule has 40 valence electrons. The molecule has 4 N–H and O–H groups in total. The minimum atomic E-state index is -1.83. The summed E-state index contributed by atoms with van der Waals surface area (Å²) >= 11 is 0. The summed E-state index contributed by atoms with van der Waals surface area (Å²) in [5.74, 6) is 0. The molecule has 0 aliphatic carbocycles. The van der Waals surface area contributed by atoms with Crippen LogP contribution in [0.5, 0.6) is 0 Å². The second-order valence-corrected chi connectivity index (χ2v) is 0.283. The van der Waals surface area contributed by atoms with Gasteiger partial charge in [-0.2, -0.15) is 0 Å². The summed E-state index contributed by atoms with van der Waals surface area (Å²) in [4.78, 5) is 8.56. The van der Waals surface area contributed by atoms with Gasteiger partial charge in [-0.1, -0.05) is 0 Å². The molecule has 0 aliphatic heterocycles. The van der Waals surface area contributed by atoms with E-state index in [1.807, 2.05) is 0 Å². The number of carbonyl (C=O) groups is 1. The van der Waals surface area contributed by atoms with Gasteiger partial charge >= 0.3 is 35.7 Å². The van der Waals surface area contributed by atoms with E-state index in [1.165, 1.54) is 0 Å². The maximum absolute atomic E-state index is 8.56. The SMILES string of the molecule is O.O=C(O)O.[Cr].[NaH]. The van der Waals surface area contributed by atoms with Crippen molar-refractivity contribution in [2.75, 3.05) is 0 Å². The van der Waals surface area contributed by atoms with Gasteiger partial charge in [-0.15, -0.1) is 0 Å². The van der Waals surface area contributed by atoms with Crippen LogP contribution in [0, 0.1) is 0 Å². The van der Waals surface area contributed by atoms with Crippen molar-refractivity contribution >= 4 is 35.7 Å². The van der Waals surface area contributed by atoms with E-state index in [1.54, 1.807) is 0 Å². The van der Waals surface area contributed by atoms with Gasteiger partial charge in [0.25, 0.3) is 0 Å². The van der Waals surface area contributed by atoms with E-state index in [2.05, 4.69) is 0 Å². The Kier molecular flexibility index (Phi) is 56.8. The van der Waals surface area contributed by atoms with E-state index >= 15 is 0 Å². The molecule has 0 fully saturated rings. The molecule has 7 heavy (non-hydrogen) atoms. The number of hydrogen-bond donors (Lipinski definition) is 2. The Bertz CT molecular complexity index is 34.7. The summed E-state index contributed by atoms with van der Waals surface area (Å²) in [6.45, 7) is 0. The molecule has 0 rings (SSSR count). The van der Waals surface area contributed by atoms with Gasteiger partial charge in [0.2, 0.25) is 0 Å². The van der Waals surface area contributed by atoms with E-state index in [-0.39, 0.29) is 52.4 Å². The van der Waals surface area contributed by atoms with Crippen LogP contribution in [-0.2, 0) is 17.4 Å². The second-order valence-electron chi connectivity index (χ2n) is 0.283. The molecule has 0 spiro atoms. The molecule has 0 bridgehead atoms. The van der Waals surface area contributed by atoms with Gasteiger partial charge in [0.15, 0.2) is 0 Å². The molecule has 0 radical (unpaired) electrons. The van der Waals surface area contributed by atoms with Gasteiger partial charge in [0, 0.05) is 17.4 Å². The molecular weight excluding hydrogens is 151 g/mol. The van der Waals surface area contributed by atoms with Crippen molar-refractivity contribution in [2.24, 2.45) is 0 Å². The standard InChI is InChI=1S/CH2O3.Cr.Na.H2O.H/c2-1(3)4;;;;/h(H2,2,3,4);;;1H2;. The van der Waals surface area contributed by atoms with Gasteiger partial charge in [-0.25, -0.2) is 4.79 Å². The van der Waals surface area contributed by atoms with Crippen LogP contribution < -0.4 is 0 Å². The fraction of sp³-hybridized carbons (Fsp3) is 0. The normalized spacial score (nSPS) is 3.43. The van der Waals surface area contributed by atoms with Crippen molar-refractivity contribution in [1.82, 2.24) is 0 Å². The first-order valence-corrected chi connectivity index (χ1v) is 0.651. The molecule has 0 amide bonds. The van der Waals surface area contributed by atoms with Crippen molar-refractivity contribution in [1.29, 1.82) is 0 Å². The topological polar surface area (TPSA) is 89.0 Å². The van der Waals surface area contributed by atoms with Crippen LogP contribution in [0.2, 0.25) is 0 Å². The first-order chi connectivity index (χ1) is 1.73. The summed E-state index contributed by atoms with van der Waals surface area (Å²) in [6.07, 6.45) is -1.83. The summed E-state index contributed by atoms with van der Waals surface area (Å²) in [5.41, 5.74) is 0. The number of carboxylic acid groups (broad SMARTS) is 2. The zero-order chi connectivity index (χ0) is 3.58. The molecule has 0 aromatic heterocycles. The van der Waals surface area contributed by atoms with Crippen LogP contribution in [0.4, 0.5) is 4.79 Å². The Morgan fingerprint density at radius 2 is 1.29 bits per heavy atom. The summed E-state index contributed by atoms with van der Waals surface area (Å²) in [7, 11) is 0. The summed E-state index contributed by atoms with van der Waals surface area (Å²) < 4.78 is 0. The van der Waals surface area contributed by atoms with Crippen molar-refractivity contribution < 1.29 is 37.8 Å². The van der Waals surface area contributed by atoms with E-state index in [9.17, 15) is 0 Å². The molecule has 0 saturated heterocycles. The van der Waals surface area contributed by atoms with Gasteiger partial charge in [-0.05, 0) is 0 Å². The average molecular weight is 156 g/mol. The van der Waals surface area contributed by atoms with Crippen LogP contribution >= 0.6 is 0 Å². The predicted octanol–water partition coefficient (Wildman–Crippen LogP) is -1.25. The molecule has 0 unspecified atom stereocenters. The fourth-order valence-corrected chi connectivity index (χ4v) is 0. The van der Waals surface area contributed by atoms with Gasteiger partial charge in [0.1, 0.15) is 0 Å². The zero-order valence-corrected chi connectivity index (χ0v) is 3.99.